The van der Waals surface area contributed by atoms with Crippen molar-refractivity contribution in [1.29, 1.82) is 0 Å². The van der Waals surface area contributed by atoms with E-state index in [1.54, 1.807) is 6.20 Å². The molecule has 2 aromatic heterocycles. The smallest absolute Gasteiger partial charge is 0.262 e. The Kier molecular flexibility index (Phi) is 4.63. The Bertz CT molecular complexity index is 756. The molecular weight excluding hydrogens is 292 g/mol. The number of para-hydroxylation sites is 1. The van der Waals surface area contributed by atoms with Gasteiger partial charge in [0.05, 0.1) is 5.56 Å². The molecule has 0 spiro atoms. The van der Waals surface area contributed by atoms with E-state index in [9.17, 15) is 0 Å². The first kappa shape index (κ1) is 15.2. The van der Waals surface area contributed by atoms with Gasteiger partial charge in [-0.3, -0.25) is 4.98 Å². The molecule has 0 amide bonds. The number of likely N-dealkylation sites (N-methyl/N-ethyl adjacent to an activating group) is 1. The molecule has 0 atom stereocenters. The van der Waals surface area contributed by atoms with Gasteiger partial charge in [-0.15, -0.1) is 0 Å². The quantitative estimate of drug-likeness (QED) is 0.697. The fourth-order valence-electron chi connectivity index (χ4n) is 2.04. The van der Waals surface area contributed by atoms with Crippen molar-refractivity contribution in [3.8, 4) is 28.7 Å². The van der Waals surface area contributed by atoms with Crippen LogP contribution in [0.2, 0.25) is 0 Å². The van der Waals surface area contributed by atoms with Gasteiger partial charge in [0, 0.05) is 12.7 Å². The zero-order valence-electron chi connectivity index (χ0n) is 13.1. The molecule has 1 aromatic carbocycles. The van der Waals surface area contributed by atoms with Gasteiger partial charge in [-0.25, -0.2) is 0 Å². The number of rotatable bonds is 6. The molecule has 118 valence electrons. The zero-order chi connectivity index (χ0) is 16.1. The summed E-state index contributed by atoms with van der Waals surface area (Å²) in [4.78, 5) is 10.7. The molecular formula is C17H18N4O2. The minimum absolute atomic E-state index is 0.422. The lowest BCUT2D eigenvalue weighted by Gasteiger charge is -2.12. The Morgan fingerprint density at radius 1 is 1.09 bits per heavy atom. The van der Waals surface area contributed by atoms with Crippen molar-refractivity contribution in [1.82, 2.24) is 20.0 Å². The lowest BCUT2D eigenvalue weighted by molar-refractivity contribution is 0.261. The summed E-state index contributed by atoms with van der Waals surface area (Å²) in [5, 5.41) is 4.00. The van der Waals surface area contributed by atoms with Gasteiger partial charge in [0.15, 0.2) is 0 Å². The summed E-state index contributed by atoms with van der Waals surface area (Å²) in [6.45, 7) is 1.42. The summed E-state index contributed by atoms with van der Waals surface area (Å²) in [7, 11) is 4.01. The normalized spacial score (nSPS) is 10.9. The van der Waals surface area contributed by atoms with Crippen LogP contribution in [0.3, 0.4) is 0 Å². The first-order valence-corrected chi connectivity index (χ1v) is 7.36. The van der Waals surface area contributed by atoms with Crippen LogP contribution in [0.5, 0.6) is 5.75 Å². The van der Waals surface area contributed by atoms with E-state index >= 15 is 0 Å². The number of hydrogen-bond donors (Lipinski definition) is 0. The fraction of sp³-hybridized carbons (Fsp3) is 0.235. The molecule has 2 heterocycles. The number of hydrogen-bond acceptors (Lipinski definition) is 6. The van der Waals surface area contributed by atoms with E-state index in [2.05, 4.69) is 20.0 Å². The molecule has 0 unspecified atom stereocenters. The summed E-state index contributed by atoms with van der Waals surface area (Å²) >= 11 is 0. The third kappa shape index (κ3) is 3.73. The molecule has 0 saturated carbocycles. The molecule has 0 radical (unpaired) electrons. The van der Waals surface area contributed by atoms with E-state index in [1.165, 1.54) is 0 Å². The summed E-state index contributed by atoms with van der Waals surface area (Å²) in [5.74, 6) is 1.61. The van der Waals surface area contributed by atoms with E-state index in [0.29, 0.717) is 24.0 Å². The van der Waals surface area contributed by atoms with Gasteiger partial charge in [-0.2, -0.15) is 4.98 Å². The number of benzene rings is 1. The maximum atomic E-state index is 5.83. The average Bonchev–Trinajstić information content (AvgIpc) is 3.06. The topological polar surface area (TPSA) is 64.3 Å². The fourth-order valence-corrected chi connectivity index (χ4v) is 2.04. The largest absolute Gasteiger partial charge is 0.491 e. The van der Waals surface area contributed by atoms with Crippen molar-refractivity contribution in [2.75, 3.05) is 27.2 Å². The minimum Gasteiger partial charge on any atom is -0.491 e. The predicted octanol–water partition coefficient (Wildman–Crippen LogP) is 2.74. The SMILES string of the molecule is CN(C)CCOc1ccccc1-c1nc(-c2ccccn2)no1. The van der Waals surface area contributed by atoms with E-state index < -0.39 is 0 Å². The number of ether oxygens (including phenoxy) is 1. The van der Waals surface area contributed by atoms with E-state index in [-0.39, 0.29) is 0 Å². The molecule has 0 aliphatic carbocycles. The highest BCUT2D eigenvalue weighted by molar-refractivity contribution is 5.64. The van der Waals surface area contributed by atoms with Crippen LogP contribution in [-0.2, 0) is 0 Å². The Hall–Kier alpha value is -2.73. The molecule has 23 heavy (non-hydrogen) atoms. The molecule has 0 bridgehead atoms. The molecule has 0 aliphatic rings. The first-order valence-electron chi connectivity index (χ1n) is 7.36. The van der Waals surface area contributed by atoms with Crippen LogP contribution >= 0.6 is 0 Å². The van der Waals surface area contributed by atoms with Crippen LogP contribution in [0.1, 0.15) is 0 Å². The van der Waals surface area contributed by atoms with Gasteiger partial charge < -0.3 is 14.2 Å². The van der Waals surface area contributed by atoms with Crippen molar-refractivity contribution in [2.45, 2.75) is 0 Å². The Labute approximate surface area is 134 Å². The predicted molar refractivity (Wildman–Crippen MR) is 87.0 cm³/mol. The molecule has 3 aromatic rings. The second kappa shape index (κ2) is 7.02. The molecule has 0 aliphatic heterocycles. The highest BCUT2D eigenvalue weighted by atomic mass is 16.5. The average molecular weight is 310 g/mol. The van der Waals surface area contributed by atoms with Crippen molar-refractivity contribution >= 4 is 0 Å². The first-order chi connectivity index (χ1) is 11.2. The van der Waals surface area contributed by atoms with E-state index in [1.807, 2.05) is 56.6 Å². The zero-order valence-corrected chi connectivity index (χ0v) is 13.1. The third-order valence-corrected chi connectivity index (χ3v) is 3.23. The molecule has 0 N–H and O–H groups in total. The number of aromatic nitrogens is 3. The highest BCUT2D eigenvalue weighted by Gasteiger charge is 2.15. The van der Waals surface area contributed by atoms with Gasteiger partial charge in [-0.1, -0.05) is 23.4 Å². The summed E-state index contributed by atoms with van der Waals surface area (Å²) in [5.41, 5.74) is 1.45. The van der Waals surface area contributed by atoms with Crippen LogP contribution in [-0.4, -0.2) is 47.3 Å². The lowest BCUT2D eigenvalue weighted by atomic mass is 10.2. The van der Waals surface area contributed by atoms with E-state index in [0.717, 1.165) is 17.9 Å². The van der Waals surface area contributed by atoms with Gasteiger partial charge in [0.25, 0.3) is 5.89 Å². The molecule has 3 rings (SSSR count). The Balaban J connectivity index is 1.83. The van der Waals surface area contributed by atoms with E-state index in [4.69, 9.17) is 9.26 Å². The van der Waals surface area contributed by atoms with Crippen molar-refractivity contribution < 1.29 is 9.26 Å². The highest BCUT2D eigenvalue weighted by Crippen LogP contribution is 2.29. The molecule has 0 fully saturated rings. The number of nitrogens with zero attached hydrogens (tertiary/aromatic N) is 4. The van der Waals surface area contributed by atoms with Crippen LogP contribution in [0, 0.1) is 0 Å². The molecule has 0 saturated heterocycles. The van der Waals surface area contributed by atoms with Crippen LogP contribution in [0.25, 0.3) is 23.0 Å². The third-order valence-electron chi connectivity index (χ3n) is 3.23. The molecule has 6 nitrogen and oxygen atoms in total. The Morgan fingerprint density at radius 3 is 2.70 bits per heavy atom. The van der Waals surface area contributed by atoms with Gasteiger partial charge in [0.2, 0.25) is 5.82 Å². The summed E-state index contributed by atoms with van der Waals surface area (Å²) < 4.78 is 11.2. The van der Waals surface area contributed by atoms with Crippen LogP contribution < -0.4 is 4.74 Å². The monoisotopic (exact) mass is 310 g/mol. The maximum absolute atomic E-state index is 5.83. The summed E-state index contributed by atoms with van der Waals surface area (Å²) in [6.07, 6.45) is 1.70. The standard InChI is InChI=1S/C17H18N4O2/c1-21(2)11-12-22-15-9-4-3-7-13(15)17-19-16(20-23-17)14-8-5-6-10-18-14/h3-10H,11-12H2,1-2H3. The van der Waals surface area contributed by atoms with Gasteiger partial charge in [-0.05, 0) is 38.4 Å². The number of pyridine rings is 1. The summed E-state index contributed by atoms with van der Waals surface area (Å²) in [6, 6.07) is 13.2. The Morgan fingerprint density at radius 2 is 1.91 bits per heavy atom. The van der Waals surface area contributed by atoms with Gasteiger partial charge in [0.1, 0.15) is 18.1 Å². The van der Waals surface area contributed by atoms with Gasteiger partial charge >= 0.3 is 0 Å². The van der Waals surface area contributed by atoms with Crippen LogP contribution in [0.15, 0.2) is 53.2 Å². The van der Waals surface area contributed by atoms with Crippen LogP contribution in [0.4, 0.5) is 0 Å². The van der Waals surface area contributed by atoms with Crippen molar-refractivity contribution in [2.24, 2.45) is 0 Å². The van der Waals surface area contributed by atoms with Crippen molar-refractivity contribution in [3.05, 3.63) is 48.7 Å². The molecule has 6 heteroatoms. The lowest BCUT2D eigenvalue weighted by Crippen LogP contribution is -2.19. The second-order valence-electron chi connectivity index (χ2n) is 5.29. The second-order valence-corrected chi connectivity index (χ2v) is 5.29. The minimum atomic E-state index is 0.422. The maximum Gasteiger partial charge on any atom is 0.262 e. The van der Waals surface area contributed by atoms with Crippen molar-refractivity contribution in [3.63, 3.8) is 0 Å².